The maximum absolute atomic E-state index is 13.2. The summed E-state index contributed by atoms with van der Waals surface area (Å²) < 4.78 is 35.5. The molecule has 0 N–H and O–H groups in total. The van der Waals surface area contributed by atoms with Crippen LogP contribution in [-0.2, 0) is 33.2 Å². The zero-order valence-corrected chi connectivity index (χ0v) is 26.5. The number of carbonyl (C=O) groups excluding carboxylic acids is 3. The molecule has 3 fully saturated rings. The third-order valence-corrected chi connectivity index (χ3v) is 8.94. The Morgan fingerprint density at radius 1 is 0.978 bits per heavy atom. The van der Waals surface area contributed by atoms with E-state index in [0.717, 1.165) is 12.8 Å². The fourth-order valence-electron chi connectivity index (χ4n) is 6.37. The Morgan fingerprint density at radius 2 is 1.58 bits per heavy atom. The number of esters is 3. The molecule has 2 aromatic carbocycles. The molecule has 0 bridgehead atoms. The van der Waals surface area contributed by atoms with Crippen LogP contribution in [-0.4, -0.2) is 73.3 Å². The number of rotatable bonds is 12. The summed E-state index contributed by atoms with van der Waals surface area (Å²) in [6, 6.07) is 17.0. The lowest BCUT2D eigenvalue weighted by Gasteiger charge is -2.42. The number of carbonyl (C=O) groups is 3. The van der Waals surface area contributed by atoms with Gasteiger partial charge in [0.25, 0.3) is 0 Å². The number of allylic oxidation sites excluding steroid dienone is 1. The number of hydrogen-bond acceptors (Lipinski definition) is 9. The average Bonchev–Trinajstić information content (AvgIpc) is 3.96. The molecule has 3 aliphatic rings. The van der Waals surface area contributed by atoms with E-state index in [-0.39, 0.29) is 17.6 Å². The van der Waals surface area contributed by atoms with Crippen LogP contribution in [0.2, 0.25) is 0 Å². The van der Waals surface area contributed by atoms with Crippen LogP contribution in [0.15, 0.2) is 84.5 Å². The Hall–Kier alpha value is -3.79. The van der Waals surface area contributed by atoms with Crippen LogP contribution in [0.4, 0.5) is 0 Å². The van der Waals surface area contributed by atoms with Crippen LogP contribution in [0.1, 0.15) is 67.7 Å². The van der Waals surface area contributed by atoms with Crippen molar-refractivity contribution in [3.8, 4) is 0 Å². The lowest BCUT2D eigenvalue weighted by atomic mass is 9.68. The summed E-state index contributed by atoms with van der Waals surface area (Å²) in [4.78, 5) is 38.9. The van der Waals surface area contributed by atoms with Gasteiger partial charge in [-0.3, -0.25) is 0 Å². The number of ether oxygens (including phenoxy) is 6. The highest BCUT2D eigenvalue weighted by Gasteiger charge is 2.72. The second-order valence-electron chi connectivity index (χ2n) is 12.4. The van der Waals surface area contributed by atoms with Gasteiger partial charge in [0.05, 0.1) is 29.8 Å². The lowest BCUT2D eigenvalue weighted by molar-refractivity contribution is -0.166. The van der Waals surface area contributed by atoms with Crippen molar-refractivity contribution in [2.45, 2.75) is 88.7 Å². The second-order valence-corrected chi connectivity index (χ2v) is 12.4. The Labute approximate surface area is 264 Å². The van der Waals surface area contributed by atoms with E-state index in [9.17, 15) is 14.4 Å². The molecule has 9 heteroatoms. The normalized spacial score (nSPS) is 29.8. The molecule has 2 aliphatic heterocycles. The minimum absolute atomic E-state index is 0.0330. The third-order valence-electron chi connectivity index (χ3n) is 8.94. The van der Waals surface area contributed by atoms with Crippen molar-refractivity contribution in [2.24, 2.45) is 5.92 Å². The molecular formula is C36H42O9. The Morgan fingerprint density at radius 3 is 2.13 bits per heavy atom. The molecule has 240 valence electrons. The number of hydrogen-bond donors (Lipinski definition) is 0. The van der Waals surface area contributed by atoms with Crippen molar-refractivity contribution in [2.75, 3.05) is 13.7 Å². The number of benzene rings is 2. The molecule has 2 aromatic rings. The van der Waals surface area contributed by atoms with Crippen molar-refractivity contribution in [3.63, 3.8) is 0 Å². The van der Waals surface area contributed by atoms with Crippen LogP contribution < -0.4 is 0 Å². The molecule has 8 unspecified atom stereocenters. The Bertz CT molecular complexity index is 1410. The number of methoxy groups -OCH3 is 1. The van der Waals surface area contributed by atoms with Gasteiger partial charge in [-0.1, -0.05) is 48.0 Å². The largest absolute Gasteiger partial charge is 0.456 e. The monoisotopic (exact) mass is 618 g/mol. The summed E-state index contributed by atoms with van der Waals surface area (Å²) in [5.74, 6) is -1.94. The lowest BCUT2D eigenvalue weighted by Crippen LogP contribution is -2.55. The average molecular weight is 619 g/mol. The molecule has 0 amide bonds. The molecular weight excluding hydrogens is 576 g/mol. The van der Waals surface area contributed by atoms with E-state index in [1.54, 1.807) is 74.7 Å². The Kier molecular flexibility index (Phi) is 9.91. The van der Waals surface area contributed by atoms with Gasteiger partial charge in [-0.15, -0.1) is 0 Å². The quantitative estimate of drug-likeness (QED) is 0.0981. The first-order valence-corrected chi connectivity index (χ1v) is 15.4. The van der Waals surface area contributed by atoms with Crippen molar-refractivity contribution >= 4 is 17.9 Å². The summed E-state index contributed by atoms with van der Waals surface area (Å²) >= 11 is 0. The van der Waals surface area contributed by atoms with Gasteiger partial charge in [-0.25, -0.2) is 14.4 Å². The van der Waals surface area contributed by atoms with Gasteiger partial charge >= 0.3 is 17.9 Å². The van der Waals surface area contributed by atoms with E-state index in [1.165, 1.54) is 17.7 Å². The molecule has 9 nitrogen and oxygen atoms in total. The maximum atomic E-state index is 13.2. The zero-order valence-electron chi connectivity index (χ0n) is 26.5. The molecule has 8 atom stereocenters. The van der Waals surface area contributed by atoms with Gasteiger partial charge in [0, 0.05) is 13.2 Å². The van der Waals surface area contributed by atoms with E-state index < -0.39 is 47.9 Å². The van der Waals surface area contributed by atoms with Crippen molar-refractivity contribution in [3.05, 3.63) is 95.6 Å². The second kappa shape index (κ2) is 13.7. The van der Waals surface area contributed by atoms with Crippen molar-refractivity contribution in [1.82, 2.24) is 0 Å². The standard InChI is InChI=1S/C36H42O9/c1-23(2)16-18-29-35(4,45-29)32-31(40-5)28(20-21-36(32)22-41-36)43-30(37)19-17-27(44-34(39)26-14-10-7-11-15-26)24(3)42-33(38)25-12-8-6-9-13-25/h6-17,19,24,27-29,31-32H,18,20-22H2,1-5H3. The van der Waals surface area contributed by atoms with Crippen LogP contribution in [0.5, 0.6) is 0 Å². The van der Waals surface area contributed by atoms with Gasteiger partial charge in [0.1, 0.15) is 29.5 Å². The van der Waals surface area contributed by atoms with E-state index in [2.05, 4.69) is 26.8 Å². The molecule has 0 aromatic heterocycles. The highest BCUT2D eigenvalue weighted by atomic mass is 16.6. The van der Waals surface area contributed by atoms with Crippen molar-refractivity contribution < 1.29 is 42.8 Å². The fraction of sp³-hybridized carbons (Fsp3) is 0.472. The summed E-state index contributed by atoms with van der Waals surface area (Å²) in [5, 5.41) is 0. The van der Waals surface area contributed by atoms with E-state index in [1.807, 2.05) is 0 Å². The van der Waals surface area contributed by atoms with E-state index >= 15 is 0 Å². The van der Waals surface area contributed by atoms with Crippen LogP contribution >= 0.6 is 0 Å². The highest BCUT2D eigenvalue weighted by Crippen LogP contribution is 2.59. The van der Waals surface area contributed by atoms with Crippen LogP contribution in [0, 0.1) is 5.92 Å². The van der Waals surface area contributed by atoms with Gasteiger partial charge in [0.15, 0.2) is 6.10 Å². The number of epoxide rings is 2. The minimum atomic E-state index is -1.06. The maximum Gasteiger partial charge on any atom is 0.338 e. The summed E-state index contributed by atoms with van der Waals surface area (Å²) in [6.45, 7) is 8.44. The molecule has 1 spiro atoms. The smallest absolute Gasteiger partial charge is 0.338 e. The van der Waals surface area contributed by atoms with E-state index in [4.69, 9.17) is 28.4 Å². The van der Waals surface area contributed by atoms with E-state index in [0.29, 0.717) is 24.2 Å². The molecule has 5 rings (SSSR count). The van der Waals surface area contributed by atoms with Gasteiger partial charge in [-0.05, 0) is 77.3 Å². The topological polar surface area (TPSA) is 113 Å². The van der Waals surface area contributed by atoms with Crippen LogP contribution in [0.3, 0.4) is 0 Å². The van der Waals surface area contributed by atoms with Gasteiger partial charge in [0.2, 0.25) is 0 Å². The Balaban J connectivity index is 1.28. The minimum Gasteiger partial charge on any atom is -0.456 e. The van der Waals surface area contributed by atoms with Gasteiger partial charge in [-0.2, -0.15) is 0 Å². The molecule has 2 heterocycles. The molecule has 1 saturated carbocycles. The molecule has 1 aliphatic carbocycles. The SMILES string of the molecule is COC1C(OC(=O)C=CC(OC(=O)c2ccccc2)C(C)OC(=O)c2ccccc2)CCC2(CO2)C1C1(C)OC1CC=C(C)C. The molecule has 0 radical (unpaired) electrons. The van der Waals surface area contributed by atoms with Crippen LogP contribution in [0.25, 0.3) is 0 Å². The first kappa shape index (κ1) is 32.6. The van der Waals surface area contributed by atoms with Gasteiger partial charge < -0.3 is 28.4 Å². The predicted octanol–water partition coefficient (Wildman–Crippen LogP) is 5.63. The zero-order chi connectivity index (χ0) is 32.2. The predicted molar refractivity (Wildman–Crippen MR) is 166 cm³/mol. The summed E-state index contributed by atoms with van der Waals surface area (Å²) in [7, 11) is 1.62. The molecule has 45 heavy (non-hydrogen) atoms. The highest BCUT2D eigenvalue weighted by molar-refractivity contribution is 5.90. The first-order valence-electron chi connectivity index (χ1n) is 15.4. The first-order chi connectivity index (χ1) is 21.6. The van der Waals surface area contributed by atoms with Crippen molar-refractivity contribution in [1.29, 1.82) is 0 Å². The summed E-state index contributed by atoms with van der Waals surface area (Å²) in [6.07, 6.45) is 3.96. The molecule has 2 saturated heterocycles. The third kappa shape index (κ3) is 7.54. The fourth-order valence-corrected chi connectivity index (χ4v) is 6.37. The summed E-state index contributed by atoms with van der Waals surface area (Å²) in [5.41, 5.74) is 1.10.